The van der Waals surface area contributed by atoms with Gasteiger partial charge in [0.1, 0.15) is 5.82 Å². The van der Waals surface area contributed by atoms with Crippen LogP contribution >= 0.6 is 0 Å². The third kappa shape index (κ3) is 5.00. The predicted octanol–water partition coefficient (Wildman–Crippen LogP) is 1.38. The molecule has 1 aromatic rings. The number of rotatable bonds is 5. The average Bonchev–Trinajstić information content (AvgIpc) is 2.60. The summed E-state index contributed by atoms with van der Waals surface area (Å²) in [7, 11) is 0. The molecule has 2 saturated heterocycles. The molecule has 2 heterocycles. The summed E-state index contributed by atoms with van der Waals surface area (Å²) < 4.78 is 13.6. The summed E-state index contributed by atoms with van der Waals surface area (Å²) in [6.07, 6.45) is 2.60. The standard InChI is InChI=1S/C18H27FN4O/c19-16-5-1-2-6-17(16)21-18(24)14-23-10-8-22(9-11-23)13-15-4-3-7-20-12-15/h1-2,5-6,15,20H,3-4,7-14H2,(H,21,24). The third-order valence-corrected chi connectivity index (χ3v) is 4.90. The molecule has 6 heteroatoms. The lowest BCUT2D eigenvalue weighted by Crippen LogP contribution is -2.50. The maximum atomic E-state index is 13.6. The lowest BCUT2D eigenvalue weighted by atomic mass is 9.99. The van der Waals surface area contributed by atoms with Crippen molar-refractivity contribution in [1.29, 1.82) is 0 Å². The fourth-order valence-corrected chi connectivity index (χ4v) is 3.53. The summed E-state index contributed by atoms with van der Waals surface area (Å²) in [5.41, 5.74) is 0.255. The van der Waals surface area contributed by atoms with Crippen LogP contribution in [0.1, 0.15) is 12.8 Å². The maximum Gasteiger partial charge on any atom is 0.238 e. The van der Waals surface area contributed by atoms with Crippen LogP contribution < -0.4 is 10.6 Å². The number of amides is 1. The number of carbonyl (C=O) groups is 1. The van der Waals surface area contributed by atoms with Crippen LogP contribution in [0.25, 0.3) is 0 Å². The molecule has 1 amide bonds. The normalized spacial score (nSPS) is 23.1. The van der Waals surface area contributed by atoms with E-state index in [9.17, 15) is 9.18 Å². The van der Waals surface area contributed by atoms with Crippen LogP contribution in [0.4, 0.5) is 10.1 Å². The van der Waals surface area contributed by atoms with Gasteiger partial charge in [-0.15, -0.1) is 0 Å². The number of carbonyl (C=O) groups excluding carboxylic acids is 1. The Morgan fingerprint density at radius 2 is 1.96 bits per heavy atom. The van der Waals surface area contributed by atoms with Gasteiger partial charge in [-0.25, -0.2) is 4.39 Å². The highest BCUT2D eigenvalue weighted by atomic mass is 19.1. The molecule has 132 valence electrons. The second-order valence-corrected chi connectivity index (χ2v) is 6.82. The molecular weight excluding hydrogens is 307 g/mol. The second kappa shape index (κ2) is 8.55. The van der Waals surface area contributed by atoms with E-state index in [-0.39, 0.29) is 11.6 Å². The highest BCUT2D eigenvalue weighted by Gasteiger charge is 2.22. The zero-order chi connectivity index (χ0) is 16.8. The molecule has 0 spiro atoms. The van der Waals surface area contributed by atoms with Gasteiger partial charge in [-0.1, -0.05) is 12.1 Å². The van der Waals surface area contributed by atoms with E-state index in [0.29, 0.717) is 6.54 Å². The van der Waals surface area contributed by atoms with Crippen LogP contribution in [0.15, 0.2) is 24.3 Å². The van der Waals surface area contributed by atoms with Gasteiger partial charge < -0.3 is 15.5 Å². The Hall–Kier alpha value is -1.50. The number of anilines is 1. The van der Waals surface area contributed by atoms with Crippen molar-refractivity contribution >= 4 is 11.6 Å². The van der Waals surface area contributed by atoms with Gasteiger partial charge in [0, 0.05) is 32.7 Å². The molecule has 0 saturated carbocycles. The first-order valence-corrected chi connectivity index (χ1v) is 8.90. The molecule has 2 N–H and O–H groups in total. The van der Waals surface area contributed by atoms with Crippen molar-refractivity contribution < 1.29 is 9.18 Å². The minimum Gasteiger partial charge on any atom is -0.322 e. The van der Waals surface area contributed by atoms with Crippen molar-refractivity contribution in [2.75, 3.05) is 57.7 Å². The molecule has 1 aromatic carbocycles. The van der Waals surface area contributed by atoms with Gasteiger partial charge in [0.15, 0.2) is 0 Å². The first-order valence-electron chi connectivity index (χ1n) is 8.90. The number of para-hydroxylation sites is 1. The van der Waals surface area contributed by atoms with Crippen LogP contribution in [0, 0.1) is 11.7 Å². The summed E-state index contributed by atoms with van der Waals surface area (Å²) in [6, 6.07) is 6.28. The summed E-state index contributed by atoms with van der Waals surface area (Å²) in [4.78, 5) is 16.7. The van der Waals surface area contributed by atoms with E-state index in [0.717, 1.165) is 51.7 Å². The van der Waals surface area contributed by atoms with E-state index in [1.165, 1.54) is 18.9 Å². The van der Waals surface area contributed by atoms with Gasteiger partial charge in [0.25, 0.3) is 0 Å². The van der Waals surface area contributed by atoms with E-state index < -0.39 is 5.82 Å². The molecule has 24 heavy (non-hydrogen) atoms. The molecular formula is C18H27FN4O. The summed E-state index contributed by atoms with van der Waals surface area (Å²) in [5, 5.41) is 6.12. The lowest BCUT2D eigenvalue weighted by molar-refractivity contribution is -0.117. The number of hydrogen-bond donors (Lipinski definition) is 2. The second-order valence-electron chi connectivity index (χ2n) is 6.82. The highest BCUT2D eigenvalue weighted by Crippen LogP contribution is 2.14. The average molecular weight is 334 g/mol. The van der Waals surface area contributed by atoms with Crippen molar-refractivity contribution in [3.05, 3.63) is 30.1 Å². The van der Waals surface area contributed by atoms with E-state index in [1.54, 1.807) is 18.2 Å². The largest absolute Gasteiger partial charge is 0.322 e. The zero-order valence-corrected chi connectivity index (χ0v) is 14.1. The molecule has 2 fully saturated rings. The van der Waals surface area contributed by atoms with Crippen molar-refractivity contribution in [2.45, 2.75) is 12.8 Å². The Bertz CT molecular complexity index is 540. The van der Waals surface area contributed by atoms with E-state index in [1.807, 2.05) is 0 Å². The molecule has 0 aliphatic carbocycles. The van der Waals surface area contributed by atoms with Crippen LogP contribution in [0.5, 0.6) is 0 Å². The number of hydrogen-bond acceptors (Lipinski definition) is 4. The smallest absolute Gasteiger partial charge is 0.238 e. The molecule has 1 unspecified atom stereocenters. The number of nitrogens with zero attached hydrogens (tertiary/aromatic N) is 2. The molecule has 3 rings (SSSR count). The van der Waals surface area contributed by atoms with E-state index in [2.05, 4.69) is 20.4 Å². The van der Waals surface area contributed by atoms with E-state index in [4.69, 9.17) is 0 Å². The molecule has 1 atom stereocenters. The van der Waals surface area contributed by atoms with Gasteiger partial charge in [0.2, 0.25) is 5.91 Å². The Balaban J connectivity index is 1.38. The number of halogens is 1. The first kappa shape index (κ1) is 17.3. The fourth-order valence-electron chi connectivity index (χ4n) is 3.53. The third-order valence-electron chi connectivity index (χ3n) is 4.90. The van der Waals surface area contributed by atoms with Crippen LogP contribution in [0.3, 0.4) is 0 Å². The first-order chi connectivity index (χ1) is 11.7. The van der Waals surface area contributed by atoms with Crippen LogP contribution in [0.2, 0.25) is 0 Å². The number of nitrogens with one attached hydrogen (secondary N) is 2. The Morgan fingerprint density at radius 3 is 2.67 bits per heavy atom. The summed E-state index contributed by atoms with van der Waals surface area (Å²) in [5.74, 6) is 0.219. The van der Waals surface area contributed by atoms with Crippen molar-refractivity contribution in [3.63, 3.8) is 0 Å². The minimum absolute atomic E-state index is 0.148. The topological polar surface area (TPSA) is 47.6 Å². The Kier molecular flexibility index (Phi) is 6.18. The SMILES string of the molecule is O=C(CN1CCN(CC2CCCNC2)CC1)Nc1ccccc1F. The fraction of sp³-hybridized carbons (Fsp3) is 0.611. The van der Waals surface area contributed by atoms with Crippen molar-refractivity contribution in [1.82, 2.24) is 15.1 Å². The highest BCUT2D eigenvalue weighted by molar-refractivity contribution is 5.92. The maximum absolute atomic E-state index is 13.6. The Labute approximate surface area is 143 Å². The molecule has 2 aliphatic rings. The van der Waals surface area contributed by atoms with Crippen LogP contribution in [-0.2, 0) is 4.79 Å². The zero-order valence-electron chi connectivity index (χ0n) is 14.1. The minimum atomic E-state index is -0.392. The van der Waals surface area contributed by atoms with Crippen molar-refractivity contribution in [3.8, 4) is 0 Å². The Morgan fingerprint density at radius 1 is 1.21 bits per heavy atom. The summed E-state index contributed by atoms with van der Waals surface area (Å²) in [6.45, 7) is 7.56. The quantitative estimate of drug-likeness (QED) is 0.854. The molecule has 0 aromatic heterocycles. The van der Waals surface area contributed by atoms with Crippen LogP contribution in [-0.4, -0.2) is 68.1 Å². The predicted molar refractivity (Wildman–Crippen MR) is 93.5 cm³/mol. The molecule has 0 bridgehead atoms. The molecule has 2 aliphatic heterocycles. The monoisotopic (exact) mass is 334 g/mol. The summed E-state index contributed by atoms with van der Waals surface area (Å²) >= 11 is 0. The number of benzene rings is 1. The van der Waals surface area contributed by atoms with Gasteiger partial charge >= 0.3 is 0 Å². The number of piperidine rings is 1. The number of piperazine rings is 1. The van der Waals surface area contributed by atoms with Crippen molar-refractivity contribution in [2.24, 2.45) is 5.92 Å². The molecule has 5 nitrogen and oxygen atoms in total. The van der Waals surface area contributed by atoms with Gasteiger partial charge in [-0.05, 0) is 44.0 Å². The lowest BCUT2D eigenvalue weighted by Gasteiger charge is -2.37. The van der Waals surface area contributed by atoms with Gasteiger partial charge in [-0.2, -0.15) is 0 Å². The van der Waals surface area contributed by atoms with Gasteiger partial charge in [0.05, 0.1) is 12.2 Å². The van der Waals surface area contributed by atoms with E-state index >= 15 is 0 Å². The molecule has 0 radical (unpaired) electrons. The van der Waals surface area contributed by atoms with Gasteiger partial charge in [-0.3, -0.25) is 9.69 Å².